The average Bonchev–Trinajstić information content (AvgIpc) is 3.02. The minimum atomic E-state index is 0.0910. The van der Waals surface area contributed by atoms with Gasteiger partial charge in [0.1, 0.15) is 5.75 Å². The third-order valence-corrected chi connectivity index (χ3v) is 7.31. The Balaban J connectivity index is 1.21. The second kappa shape index (κ2) is 12.1. The van der Waals surface area contributed by atoms with Crippen LogP contribution in [-0.4, -0.2) is 52.5 Å². The molecule has 40 heavy (non-hydrogen) atoms. The number of benzene rings is 3. The van der Waals surface area contributed by atoms with Gasteiger partial charge in [-0.1, -0.05) is 36.4 Å². The standard InChI is InChI=1S/C30H33N9O/c40-27-15-14-24(35-36-26-13-9-11-22-10-3-4-12-25(22)26)20-23(27)21-31-37-28-32-29(38-16-5-1-6-17-38)34-30(33-28)39-18-7-2-8-19-39/h3-4,9-15,20-21,40H,1-2,5-8,16-19H2,(H,32,33,34,37). The predicted molar refractivity (Wildman–Crippen MR) is 159 cm³/mol. The van der Waals surface area contributed by atoms with Crippen molar-refractivity contribution < 1.29 is 5.11 Å². The SMILES string of the molecule is Oc1ccc(N=Nc2cccc3ccccc23)cc1C=NNc1nc(N2CCCCC2)nc(N2CCCCC2)n1. The van der Waals surface area contributed by atoms with Crippen LogP contribution in [0.4, 0.5) is 29.2 Å². The normalized spacial score (nSPS) is 16.3. The molecule has 3 heterocycles. The van der Waals surface area contributed by atoms with Crippen LogP contribution in [0.25, 0.3) is 10.8 Å². The van der Waals surface area contributed by atoms with Gasteiger partial charge in [0.2, 0.25) is 17.8 Å². The first kappa shape index (κ1) is 25.7. The third kappa shape index (κ3) is 6.01. The summed E-state index contributed by atoms with van der Waals surface area (Å²) < 4.78 is 0. The maximum Gasteiger partial charge on any atom is 0.250 e. The summed E-state index contributed by atoms with van der Waals surface area (Å²) in [6.07, 6.45) is 8.56. The molecular weight excluding hydrogens is 502 g/mol. The zero-order valence-electron chi connectivity index (χ0n) is 22.4. The van der Waals surface area contributed by atoms with Crippen molar-refractivity contribution in [2.45, 2.75) is 38.5 Å². The Morgan fingerprint density at radius 3 is 2.12 bits per heavy atom. The van der Waals surface area contributed by atoms with E-state index in [9.17, 15) is 5.11 Å². The van der Waals surface area contributed by atoms with Crippen LogP contribution < -0.4 is 15.2 Å². The lowest BCUT2D eigenvalue weighted by atomic mass is 10.1. The molecule has 0 atom stereocenters. The van der Waals surface area contributed by atoms with E-state index in [-0.39, 0.29) is 5.75 Å². The molecule has 2 N–H and O–H groups in total. The van der Waals surface area contributed by atoms with Crippen LogP contribution in [0.1, 0.15) is 44.1 Å². The maximum absolute atomic E-state index is 10.4. The van der Waals surface area contributed by atoms with Gasteiger partial charge < -0.3 is 14.9 Å². The zero-order chi connectivity index (χ0) is 27.1. The van der Waals surface area contributed by atoms with Gasteiger partial charge in [-0.2, -0.15) is 25.2 Å². The van der Waals surface area contributed by atoms with Crippen molar-refractivity contribution in [3.05, 3.63) is 66.2 Å². The van der Waals surface area contributed by atoms with Gasteiger partial charge in [-0.25, -0.2) is 5.43 Å². The minimum absolute atomic E-state index is 0.0910. The molecule has 2 aliphatic rings. The van der Waals surface area contributed by atoms with Crippen molar-refractivity contribution in [2.24, 2.45) is 15.3 Å². The number of hydrogen-bond donors (Lipinski definition) is 2. The predicted octanol–water partition coefficient (Wildman–Crippen LogP) is 6.57. The summed E-state index contributed by atoms with van der Waals surface area (Å²) in [7, 11) is 0. The summed E-state index contributed by atoms with van der Waals surface area (Å²) in [5.41, 5.74) is 4.86. The van der Waals surface area contributed by atoms with Crippen molar-refractivity contribution in [1.29, 1.82) is 0 Å². The van der Waals surface area contributed by atoms with Crippen LogP contribution in [0.3, 0.4) is 0 Å². The molecule has 0 aliphatic carbocycles. The third-order valence-electron chi connectivity index (χ3n) is 7.31. The lowest BCUT2D eigenvalue weighted by Crippen LogP contribution is -2.34. The molecule has 0 saturated carbocycles. The molecule has 0 bridgehead atoms. The number of fused-ring (bicyclic) bond motifs is 1. The molecule has 3 aromatic carbocycles. The highest BCUT2D eigenvalue weighted by Gasteiger charge is 2.20. The van der Waals surface area contributed by atoms with Crippen molar-refractivity contribution in [2.75, 3.05) is 41.4 Å². The first-order chi connectivity index (χ1) is 19.7. The second-order valence-electron chi connectivity index (χ2n) is 10.2. The molecule has 0 radical (unpaired) electrons. The van der Waals surface area contributed by atoms with Crippen LogP contribution >= 0.6 is 0 Å². The molecule has 2 aliphatic heterocycles. The van der Waals surface area contributed by atoms with Crippen molar-refractivity contribution >= 4 is 46.2 Å². The first-order valence-electron chi connectivity index (χ1n) is 14.0. The van der Waals surface area contributed by atoms with Gasteiger partial charge >= 0.3 is 0 Å². The first-order valence-corrected chi connectivity index (χ1v) is 14.0. The number of hydrazone groups is 1. The van der Waals surface area contributed by atoms with Gasteiger partial charge in [-0.3, -0.25) is 0 Å². The largest absolute Gasteiger partial charge is 0.507 e. The van der Waals surface area contributed by atoms with Gasteiger partial charge in [0.05, 0.1) is 17.6 Å². The van der Waals surface area contributed by atoms with Crippen molar-refractivity contribution in [3.8, 4) is 5.75 Å². The molecule has 204 valence electrons. The summed E-state index contributed by atoms with van der Waals surface area (Å²) in [5, 5.41) is 25.8. The van der Waals surface area contributed by atoms with Crippen LogP contribution in [0.2, 0.25) is 0 Å². The number of rotatable bonds is 7. The highest BCUT2D eigenvalue weighted by atomic mass is 16.3. The van der Waals surface area contributed by atoms with Crippen LogP contribution in [0.15, 0.2) is 76.0 Å². The Bertz CT molecular complexity index is 1480. The van der Waals surface area contributed by atoms with E-state index in [0.717, 1.165) is 68.3 Å². The second-order valence-corrected chi connectivity index (χ2v) is 10.2. The molecule has 10 nitrogen and oxygen atoms in total. The molecule has 6 rings (SSSR count). The number of phenolic OH excluding ortho intramolecular Hbond substituents is 1. The maximum atomic E-state index is 10.4. The summed E-state index contributed by atoms with van der Waals surface area (Å²) in [4.78, 5) is 18.6. The fourth-order valence-electron chi connectivity index (χ4n) is 5.15. The fourth-order valence-corrected chi connectivity index (χ4v) is 5.15. The molecule has 10 heteroatoms. The topological polar surface area (TPSA) is 114 Å². The number of anilines is 3. The van der Waals surface area contributed by atoms with E-state index in [2.05, 4.69) is 40.5 Å². The van der Waals surface area contributed by atoms with Crippen molar-refractivity contribution in [3.63, 3.8) is 0 Å². The quantitative estimate of drug-likeness (QED) is 0.156. The van der Waals surface area contributed by atoms with E-state index in [1.54, 1.807) is 18.2 Å². The van der Waals surface area contributed by atoms with Crippen LogP contribution in [-0.2, 0) is 0 Å². The Morgan fingerprint density at radius 2 is 1.40 bits per heavy atom. The van der Waals surface area contributed by atoms with Gasteiger partial charge in [0.15, 0.2) is 0 Å². The number of aromatic hydroxyl groups is 1. The van der Waals surface area contributed by atoms with E-state index in [0.29, 0.717) is 29.1 Å². The highest BCUT2D eigenvalue weighted by molar-refractivity contribution is 5.92. The number of aromatic nitrogens is 3. The Kier molecular flexibility index (Phi) is 7.74. The summed E-state index contributed by atoms with van der Waals surface area (Å²) in [5.74, 6) is 1.85. The summed E-state index contributed by atoms with van der Waals surface area (Å²) >= 11 is 0. The number of phenols is 1. The van der Waals surface area contributed by atoms with Crippen LogP contribution in [0.5, 0.6) is 5.75 Å². The van der Waals surface area contributed by atoms with Crippen molar-refractivity contribution in [1.82, 2.24) is 15.0 Å². The van der Waals surface area contributed by atoms with E-state index < -0.39 is 0 Å². The van der Waals surface area contributed by atoms with E-state index >= 15 is 0 Å². The fraction of sp³-hybridized carbons (Fsp3) is 0.333. The number of hydrogen-bond acceptors (Lipinski definition) is 10. The minimum Gasteiger partial charge on any atom is -0.507 e. The number of nitrogens with one attached hydrogen (secondary N) is 1. The lowest BCUT2D eigenvalue weighted by molar-refractivity contribution is 0.474. The Hall–Kier alpha value is -4.60. The zero-order valence-corrected chi connectivity index (χ0v) is 22.4. The number of piperidine rings is 2. The lowest BCUT2D eigenvalue weighted by Gasteiger charge is -2.30. The van der Waals surface area contributed by atoms with E-state index in [1.165, 1.54) is 19.1 Å². The van der Waals surface area contributed by atoms with E-state index in [1.807, 2.05) is 42.5 Å². The van der Waals surface area contributed by atoms with Gasteiger partial charge in [0.25, 0.3) is 0 Å². The number of azo groups is 1. The molecule has 1 aromatic heterocycles. The van der Waals surface area contributed by atoms with Gasteiger partial charge in [0, 0.05) is 37.1 Å². The smallest absolute Gasteiger partial charge is 0.250 e. The van der Waals surface area contributed by atoms with E-state index in [4.69, 9.17) is 4.98 Å². The van der Waals surface area contributed by atoms with Crippen LogP contribution in [0, 0.1) is 0 Å². The molecule has 4 aromatic rings. The van der Waals surface area contributed by atoms with Gasteiger partial charge in [-0.05, 0) is 68.2 Å². The molecule has 0 spiro atoms. The average molecular weight is 536 g/mol. The molecule has 2 fully saturated rings. The number of nitrogens with zero attached hydrogens (tertiary/aromatic N) is 8. The summed E-state index contributed by atoms with van der Waals surface area (Å²) in [6.45, 7) is 3.78. The molecule has 0 unspecified atom stereocenters. The van der Waals surface area contributed by atoms with Gasteiger partial charge in [-0.15, -0.1) is 5.11 Å². The monoisotopic (exact) mass is 535 g/mol. The molecule has 2 saturated heterocycles. The Labute approximate surface area is 233 Å². The molecular formula is C30H33N9O. The Morgan fingerprint density at radius 1 is 0.725 bits per heavy atom. The summed E-state index contributed by atoms with van der Waals surface area (Å²) in [6, 6.07) is 19.1. The highest BCUT2D eigenvalue weighted by Crippen LogP contribution is 2.29. The molecule has 0 amide bonds.